The second kappa shape index (κ2) is 11.9. The van der Waals surface area contributed by atoms with Gasteiger partial charge < -0.3 is 30.9 Å². The molecular weight excluding hydrogens is 496 g/mol. The van der Waals surface area contributed by atoms with Crippen LogP contribution >= 0.6 is 12.4 Å². The number of halogens is 1. The first kappa shape index (κ1) is 28.4. The molecule has 4 N–H and O–H groups in total. The van der Waals surface area contributed by atoms with Gasteiger partial charge in [-0.05, 0) is 31.5 Å². The molecule has 37 heavy (non-hydrogen) atoms. The van der Waals surface area contributed by atoms with Crippen LogP contribution < -0.4 is 16.4 Å². The zero-order valence-electron chi connectivity index (χ0n) is 21.2. The Hall–Kier alpha value is -3.21. The van der Waals surface area contributed by atoms with Crippen LogP contribution in [-0.2, 0) is 27.4 Å². The molecule has 0 saturated carbocycles. The number of urea groups is 1. The fourth-order valence-electron chi connectivity index (χ4n) is 4.63. The Balaban J connectivity index is 0.00000380. The summed E-state index contributed by atoms with van der Waals surface area (Å²) < 4.78 is 5.84. The molecule has 2 aliphatic rings. The van der Waals surface area contributed by atoms with Gasteiger partial charge in [0, 0.05) is 44.5 Å². The van der Waals surface area contributed by atoms with Gasteiger partial charge in [0.2, 0.25) is 11.8 Å². The lowest BCUT2D eigenvalue weighted by Gasteiger charge is -2.46. The minimum absolute atomic E-state index is 0. The van der Waals surface area contributed by atoms with Crippen LogP contribution in [0.2, 0.25) is 0 Å². The van der Waals surface area contributed by atoms with Crippen LogP contribution in [0.25, 0.3) is 0 Å². The lowest BCUT2D eigenvalue weighted by Crippen LogP contribution is -2.66. The first-order valence-corrected chi connectivity index (χ1v) is 12.1. The first-order valence-electron chi connectivity index (χ1n) is 12.1. The van der Waals surface area contributed by atoms with E-state index in [1.54, 1.807) is 29.8 Å². The van der Waals surface area contributed by atoms with Crippen molar-refractivity contribution in [2.75, 3.05) is 32.8 Å². The van der Waals surface area contributed by atoms with E-state index in [0.29, 0.717) is 39.2 Å². The molecule has 11 heteroatoms. The molecule has 10 nitrogen and oxygen atoms in total. The highest BCUT2D eigenvalue weighted by molar-refractivity contribution is 5.92. The number of pyridine rings is 1. The zero-order valence-corrected chi connectivity index (χ0v) is 22.0. The Kier molecular flexibility index (Phi) is 9.12. The van der Waals surface area contributed by atoms with Crippen LogP contribution in [0.3, 0.4) is 0 Å². The number of benzene rings is 1. The van der Waals surface area contributed by atoms with E-state index in [9.17, 15) is 14.4 Å². The van der Waals surface area contributed by atoms with Crippen LogP contribution in [0.4, 0.5) is 4.79 Å². The smallest absolute Gasteiger partial charge is 0.318 e. The van der Waals surface area contributed by atoms with Gasteiger partial charge in [-0.15, -0.1) is 12.4 Å². The Morgan fingerprint density at radius 2 is 1.92 bits per heavy atom. The molecule has 0 aliphatic carbocycles. The van der Waals surface area contributed by atoms with Crippen LogP contribution in [0.15, 0.2) is 54.7 Å². The van der Waals surface area contributed by atoms with Gasteiger partial charge in [-0.25, -0.2) is 4.79 Å². The average molecular weight is 531 g/mol. The summed E-state index contributed by atoms with van der Waals surface area (Å²) in [6, 6.07) is 14.2. The second-order valence-corrected chi connectivity index (χ2v) is 10.0. The Morgan fingerprint density at radius 3 is 2.59 bits per heavy atom. The summed E-state index contributed by atoms with van der Waals surface area (Å²) in [6.45, 7) is 4.95. The molecule has 2 fully saturated rings. The number of nitrogens with one attached hydrogen (secondary N) is 2. The minimum Gasteiger partial charge on any atom is -0.374 e. The molecule has 200 valence electrons. The summed E-state index contributed by atoms with van der Waals surface area (Å²) in [5, 5.41) is 5.71. The van der Waals surface area contributed by atoms with Crippen molar-refractivity contribution in [3.8, 4) is 0 Å². The molecule has 2 aliphatic heterocycles. The molecule has 1 aromatic heterocycles. The molecule has 1 unspecified atom stereocenters. The summed E-state index contributed by atoms with van der Waals surface area (Å²) in [5.41, 5.74) is 6.01. The molecule has 0 bridgehead atoms. The minimum atomic E-state index is -1.15. The first-order chi connectivity index (χ1) is 17.2. The third-order valence-electron chi connectivity index (χ3n) is 6.60. The number of carbonyl (C=O) groups is 3. The summed E-state index contributed by atoms with van der Waals surface area (Å²) in [4.78, 5) is 46.9. The highest BCUT2D eigenvalue weighted by Gasteiger charge is 2.50. The van der Waals surface area contributed by atoms with Gasteiger partial charge in [0.05, 0.1) is 24.3 Å². The summed E-state index contributed by atoms with van der Waals surface area (Å²) in [5.74, 6) is -0.705. The number of hydrogen-bond acceptors (Lipinski definition) is 6. The number of nitrogens with two attached hydrogens (primary N) is 1. The normalized spacial score (nSPS) is 19.9. The van der Waals surface area contributed by atoms with Gasteiger partial charge in [0.1, 0.15) is 6.04 Å². The van der Waals surface area contributed by atoms with Crippen molar-refractivity contribution in [2.45, 2.75) is 44.0 Å². The van der Waals surface area contributed by atoms with Crippen molar-refractivity contribution in [3.63, 3.8) is 0 Å². The maximum absolute atomic E-state index is 13.7. The van der Waals surface area contributed by atoms with E-state index in [1.165, 1.54) is 0 Å². The molecule has 4 amide bonds. The quantitative estimate of drug-likeness (QED) is 0.445. The lowest BCUT2D eigenvalue weighted by atomic mass is 9.89. The van der Waals surface area contributed by atoms with E-state index in [0.717, 1.165) is 11.3 Å². The molecule has 0 radical (unpaired) electrons. The average Bonchev–Trinajstić information content (AvgIpc) is 3.18. The van der Waals surface area contributed by atoms with E-state index < -0.39 is 23.0 Å². The predicted molar refractivity (Wildman–Crippen MR) is 141 cm³/mol. The third kappa shape index (κ3) is 6.76. The van der Waals surface area contributed by atoms with Gasteiger partial charge in [-0.3, -0.25) is 14.6 Å². The molecule has 2 aromatic rings. The van der Waals surface area contributed by atoms with Crippen LogP contribution in [0.5, 0.6) is 0 Å². The molecule has 2 saturated heterocycles. The van der Waals surface area contributed by atoms with Gasteiger partial charge >= 0.3 is 6.03 Å². The van der Waals surface area contributed by atoms with E-state index in [-0.39, 0.29) is 31.0 Å². The van der Waals surface area contributed by atoms with E-state index in [4.69, 9.17) is 10.5 Å². The van der Waals surface area contributed by atoms with Crippen LogP contribution in [-0.4, -0.2) is 82.5 Å². The van der Waals surface area contributed by atoms with Gasteiger partial charge in [-0.2, -0.15) is 0 Å². The topological polar surface area (TPSA) is 130 Å². The number of carbonyl (C=O) groups excluding carboxylic acids is 3. The van der Waals surface area contributed by atoms with Crippen molar-refractivity contribution in [3.05, 3.63) is 66.0 Å². The number of nitrogens with zero attached hydrogens (tertiary/aromatic N) is 3. The number of rotatable bonds is 9. The Labute approximate surface area is 223 Å². The van der Waals surface area contributed by atoms with E-state index >= 15 is 0 Å². The molecule has 1 aromatic carbocycles. The van der Waals surface area contributed by atoms with E-state index in [1.807, 2.05) is 48.5 Å². The SMILES string of the molecule is CC(C)(N)C(=O)N[C@H](COCc1ccccc1)C(=O)N1CCN2C(=O)NCC2(Cc2ccccn2)C1.Cl. The zero-order chi connectivity index (χ0) is 25.8. The van der Waals surface area contributed by atoms with Crippen molar-refractivity contribution in [1.29, 1.82) is 0 Å². The van der Waals surface area contributed by atoms with Gasteiger partial charge in [0.15, 0.2) is 0 Å². The Bertz CT molecular complexity index is 1080. The molecule has 0 spiro atoms. The van der Waals surface area contributed by atoms with Gasteiger partial charge in [-0.1, -0.05) is 36.4 Å². The highest BCUT2D eigenvalue weighted by Crippen LogP contribution is 2.29. The standard InChI is InChI=1S/C26H34N6O4.ClH/c1-25(2,27)23(34)30-21(16-36-15-19-8-4-3-5-9-19)22(33)31-12-13-32-24(35)29-17-26(32,18-31)14-20-10-6-7-11-28-20;/h3-11,21H,12-18,27H2,1-2H3,(H,29,35)(H,30,34);1H/t21-,26?;/m1./s1. The van der Waals surface area contributed by atoms with Crippen molar-refractivity contribution >= 4 is 30.3 Å². The third-order valence-corrected chi connectivity index (χ3v) is 6.60. The number of piperazine rings is 1. The van der Waals surface area contributed by atoms with Crippen LogP contribution in [0, 0.1) is 0 Å². The van der Waals surface area contributed by atoms with Crippen LogP contribution in [0.1, 0.15) is 25.1 Å². The summed E-state index contributed by atoms with van der Waals surface area (Å²) >= 11 is 0. The molecular formula is C26H35ClN6O4. The highest BCUT2D eigenvalue weighted by atomic mass is 35.5. The van der Waals surface area contributed by atoms with Crippen molar-refractivity contribution in [1.82, 2.24) is 25.4 Å². The van der Waals surface area contributed by atoms with Crippen molar-refractivity contribution < 1.29 is 19.1 Å². The summed E-state index contributed by atoms with van der Waals surface area (Å²) in [6.07, 6.45) is 2.23. The maximum Gasteiger partial charge on any atom is 0.318 e. The number of fused-ring (bicyclic) bond motifs is 1. The van der Waals surface area contributed by atoms with E-state index in [2.05, 4.69) is 15.6 Å². The number of ether oxygens (including phenoxy) is 1. The van der Waals surface area contributed by atoms with Gasteiger partial charge in [0.25, 0.3) is 0 Å². The number of hydrogen-bond donors (Lipinski definition) is 3. The number of aromatic nitrogens is 1. The monoisotopic (exact) mass is 530 g/mol. The molecule has 4 rings (SSSR count). The predicted octanol–water partition coefficient (Wildman–Crippen LogP) is 1.09. The van der Waals surface area contributed by atoms with Crippen molar-refractivity contribution in [2.24, 2.45) is 5.73 Å². The largest absolute Gasteiger partial charge is 0.374 e. The molecule has 3 heterocycles. The fourth-order valence-corrected chi connectivity index (χ4v) is 4.63. The maximum atomic E-state index is 13.7. The number of amides is 4. The lowest BCUT2D eigenvalue weighted by molar-refractivity contribution is -0.142. The second-order valence-electron chi connectivity index (χ2n) is 10.0. The fraction of sp³-hybridized carbons (Fsp3) is 0.462. The molecule has 2 atom stereocenters. The summed E-state index contributed by atoms with van der Waals surface area (Å²) in [7, 11) is 0. The Morgan fingerprint density at radius 1 is 1.19 bits per heavy atom.